The molecule has 1 N–H and O–H groups in total. The minimum atomic E-state index is -0.421. The second-order valence-corrected chi connectivity index (χ2v) is 6.01. The molecule has 0 heterocycles. The van der Waals surface area contributed by atoms with E-state index in [2.05, 4.69) is 5.32 Å². The van der Waals surface area contributed by atoms with Gasteiger partial charge in [-0.25, -0.2) is 0 Å². The maximum atomic E-state index is 11.8. The Balaban J connectivity index is 1.59. The lowest BCUT2D eigenvalue weighted by atomic mass is 10.2. The van der Waals surface area contributed by atoms with Crippen LogP contribution in [0.3, 0.4) is 0 Å². The molecule has 2 aromatic rings. The number of aryl methyl sites for hydroxylation is 1. The number of para-hydroxylation sites is 1. The third kappa shape index (κ3) is 7.40. The molecular formula is C21H25NO5. The highest BCUT2D eigenvalue weighted by Crippen LogP contribution is 2.16. The van der Waals surface area contributed by atoms with E-state index in [4.69, 9.17) is 14.2 Å². The number of ether oxygens (including phenoxy) is 3. The third-order valence-electron chi connectivity index (χ3n) is 3.85. The minimum absolute atomic E-state index is 0.200. The molecule has 0 aliphatic rings. The van der Waals surface area contributed by atoms with Gasteiger partial charge in [-0.2, -0.15) is 0 Å². The summed E-state index contributed by atoms with van der Waals surface area (Å²) in [6, 6.07) is 15.1. The van der Waals surface area contributed by atoms with Gasteiger partial charge >= 0.3 is 5.97 Å². The molecule has 1 amide bonds. The van der Waals surface area contributed by atoms with E-state index in [1.165, 1.54) is 0 Å². The van der Waals surface area contributed by atoms with Crippen molar-refractivity contribution < 1.29 is 23.8 Å². The fourth-order valence-electron chi connectivity index (χ4n) is 2.35. The number of benzene rings is 2. The maximum absolute atomic E-state index is 11.8. The summed E-state index contributed by atoms with van der Waals surface area (Å²) in [6.45, 7) is 2.43. The van der Waals surface area contributed by atoms with Crippen molar-refractivity contribution in [3.8, 4) is 11.5 Å². The van der Waals surface area contributed by atoms with Gasteiger partial charge < -0.3 is 19.5 Å². The van der Waals surface area contributed by atoms with Gasteiger partial charge in [-0.15, -0.1) is 0 Å². The van der Waals surface area contributed by atoms with Crippen molar-refractivity contribution in [1.29, 1.82) is 0 Å². The van der Waals surface area contributed by atoms with Crippen LogP contribution in [-0.2, 0) is 20.9 Å². The normalized spacial score (nSPS) is 10.1. The molecule has 27 heavy (non-hydrogen) atoms. The van der Waals surface area contributed by atoms with E-state index in [9.17, 15) is 9.59 Å². The molecule has 0 fully saturated rings. The van der Waals surface area contributed by atoms with Crippen molar-refractivity contribution in [3.05, 3.63) is 59.7 Å². The fourth-order valence-corrected chi connectivity index (χ4v) is 2.35. The van der Waals surface area contributed by atoms with E-state index in [1.807, 2.05) is 55.5 Å². The summed E-state index contributed by atoms with van der Waals surface area (Å²) in [5.74, 6) is 0.688. The molecule has 0 spiro atoms. The Morgan fingerprint density at radius 3 is 2.52 bits per heavy atom. The van der Waals surface area contributed by atoms with Crippen molar-refractivity contribution in [1.82, 2.24) is 5.32 Å². The molecule has 0 unspecified atom stereocenters. The van der Waals surface area contributed by atoms with Crippen LogP contribution in [0, 0.1) is 6.92 Å². The van der Waals surface area contributed by atoms with Crippen LogP contribution in [0.2, 0.25) is 0 Å². The Kier molecular flexibility index (Phi) is 8.16. The predicted molar refractivity (Wildman–Crippen MR) is 102 cm³/mol. The van der Waals surface area contributed by atoms with Crippen molar-refractivity contribution in [2.75, 3.05) is 20.3 Å². The lowest BCUT2D eigenvalue weighted by Crippen LogP contribution is -2.28. The van der Waals surface area contributed by atoms with Crippen LogP contribution >= 0.6 is 0 Å². The molecule has 0 radical (unpaired) electrons. The number of hydrogen-bond donors (Lipinski definition) is 1. The summed E-state index contributed by atoms with van der Waals surface area (Å²) in [7, 11) is 1.57. The monoisotopic (exact) mass is 371 g/mol. The van der Waals surface area contributed by atoms with Crippen molar-refractivity contribution in [3.63, 3.8) is 0 Å². The van der Waals surface area contributed by atoms with Gasteiger partial charge in [0.2, 0.25) is 0 Å². The number of methoxy groups -OCH3 is 1. The van der Waals surface area contributed by atoms with Crippen LogP contribution in [0.15, 0.2) is 48.5 Å². The minimum Gasteiger partial charge on any atom is -0.496 e. The molecule has 0 saturated heterocycles. The van der Waals surface area contributed by atoms with Crippen molar-refractivity contribution in [2.45, 2.75) is 26.3 Å². The topological polar surface area (TPSA) is 73.9 Å². The Bertz CT molecular complexity index is 742. The number of carbonyl (C=O) groups excluding carboxylic acids is 2. The first-order valence-corrected chi connectivity index (χ1v) is 8.82. The van der Waals surface area contributed by atoms with Crippen LogP contribution in [0.4, 0.5) is 0 Å². The number of amides is 1. The molecular weight excluding hydrogens is 346 g/mol. The van der Waals surface area contributed by atoms with Gasteiger partial charge in [0.05, 0.1) is 13.7 Å². The molecule has 2 rings (SSSR count). The Hall–Kier alpha value is -3.02. The van der Waals surface area contributed by atoms with Crippen LogP contribution in [0.25, 0.3) is 0 Å². The van der Waals surface area contributed by atoms with Crippen molar-refractivity contribution >= 4 is 11.9 Å². The summed E-state index contributed by atoms with van der Waals surface area (Å²) in [5.41, 5.74) is 2.02. The highest BCUT2D eigenvalue weighted by molar-refractivity contribution is 5.80. The zero-order valence-corrected chi connectivity index (χ0v) is 15.7. The molecule has 0 bridgehead atoms. The van der Waals surface area contributed by atoms with Gasteiger partial charge in [0.15, 0.2) is 6.61 Å². The summed E-state index contributed by atoms with van der Waals surface area (Å²) in [4.78, 5) is 23.5. The van der Waals surface area contributed by atoms with E-state index in [-0.39, 0.29) is 18.9 Å². The summed E-state index contributed by atoms with van der Waals surface area (Å²) < 4.78 is 15.7. The molecule has 144 valence electrons. The number of carbonyl (C=O) groups is 2. The molecule has 0 aliphatic carbocycles. The summed E-state index contributed by atoms with van der Waals surface area (Å²) in [5, 5.41) is 2.70. The number of rotatable bonds is 10. The van der Waals surface area contributed by atoms with E-state index in [1.54, 1.807) is 7.11 Å². The van der Waals surface area contributed by atoms with Crippen LogP contribution in [0.5, 0.6) is 11.5 Å². The second kappa shape index (κ2) is 10.9. The van der Waals surface area contributed by atoms with Crippen LogP contribution in [-0.4, -0.2) is 32.2 Å². The van der Waals surface area contributed by atoms with Gasteiger partial charge in [-0.3, -0.25) is 9.59 Å². The smallest absolute Gasteiger partial charge is 0.306 e. The number of nitrogens with one attached hydrogen (secondary N) is 1. The zero-order chi connectivity index (χ0) is 19.5. The van der Waals surface area contributed by atoms with Crippen LogP contribution in [0.1, 0.15) is 24.0 Å². The van der Waals surface area contributed by atoms with E-state index >= 15 is 0 Å². The SMILES string of the molecule is COc1ccccc1CNC(=O)COC(=O)CCCOc1ccc(C)cc1. The van der Waals surface area contributed by atoms with Gasteiger partial charge in [-0.1, -0.05) is 35.9 Å². The zero-order valence-electron chi connectivity index (χ0n) is 15.7. The lowest BCUT2D eigenvalue weighted by Gasteiger charge is -2.10. The summed E-state index contributed by atoms with van der Waals surface area (Å²) >= 11 is 0. The average Bonchev–Trinajstić information content (AvgIpc) is 2.69. The second-order valence-electron chi connectivity index (χ2n) is 6.01. The van der Waals surface area contributed by atoms with E-state index in [0.717, 1.165) is 16.9 Å². The largest absolute Gasteiger partial charge is 0.496 e. The third-order valence-corrected chi connectivity index (χ3v) is 3.85. The maximum Gasteiger partial charge on any atom is 0.306 e. The Morgan fingerprint density at radius 1 is 1.04 bits per heavy atom. The van der Waals surface area contributed by atoms with Gasteiger partial charge in [0.25, 0.3) is 5.91 Å². The van der Waals surface area contributed by atoms with Crippen LogP contribution < -0.4 is 14.8 Å². The molecule has 2 aromatic carbocycles. The fraction of sp³-hybridized carbons (Fsp3) is 0.333. The highest BCUT2D eigenvalue weighted by Gasteiger charge is 2.09. The molecule has 6 heteroatoms. The van der Waals surface area contributed by atoms with Gasteiger partial charge in [0, 0.05) is 18.5 Å². The predicted octanol–water partition coefficient (Wildman–Crippen LogP) is 3.02. The van der Waals surface area contributed by atoms with Crippen molar-refractivity contribution in [2.24, 2.45) is 0 Å². The first-order chi connectivity index (χ1) is 13.1. The Labute approximate surface area is 159 Å². The van der Waals surface area contributed by atoms with Gasteiger partial charge in [0.1, 0.15) is 11.5 Å². The van der Waals surface area contributed by atoms with E-state index in [0.29, 0.717) is 25.3 Å². The molecule has 0 aliphatic heterocycles. The quantitative estimate of drug-likeness (QED) is 0.513. The first-order valence-electron chi connectivity index (χ1n) is 8.82. The first kappa shape index (κ1) is 20.3. The Morgan fingerprint density at radius 2 is 1.78 bits per heavy atom. The van der Waals surface area contributed by atoms with E-state index < -0.39 is 5.97 Å². The molecule has 0 saturated carbocycles. The average molecular weight is 371 g/mol. The molecule has 0 atom stereocenters. The summed E-state index contributed by atoms with van der Waals surface area (Å²) in [6.07, 6.45) is 0.723. The molecule has 0 aromatic heterocycles. The van der Waals surface area contributed by atoms with Gasteiger partial charge in [-0.05, 0) is 31.5 Å². The standard InChI is InChI=1S/C21H25NO5/c1-16-9-11-18(12-10-16)26-13-5-8-21(24)27-15-20(23)22-14-17-6-3-4-7-19(17)25-2/h3-4,6-7,9-12H,5,8,13-15H2,1-2H3,(H,22,23). The number of hydrogen-bond acceptors (Lipinski definition) is 5. The highest BCUT2D eigenvalue weighted by atomic mass is 16.5. The number of esters is 1. The lowest BCUT2D eigenvalue weighted by molar-refractivity contribution is -0.148. The molecule has 6 nitrogen and oxygen atoms in total.